The van der Waals surface area contributed by atoms with Crippen molar-refractivity contribution in [2.45, 2.75) is 63.4 Å². The van der Waals surface area contributed by atoms with Crippen LogP contribution in [0.1, 0.15) is 39.2 Å². The van der Waals surface area contributed by atoms with Crippen LogP contribution in [0.3, 0.4) is 0 Å². The Morgan fingerprint density at radius 2 is 2.06 bits per heavy atom. The number of pyridine rings is 1. The van der Waals surface area contributed by atoms with Gasteiger partial charge in [-0.25, -0.2) is 0 Å². The van der Waals surface area contributed by atoms with E-state index in [0.717, 1.165) is 36.0 Å². The first-order chi connectivity index (χ1) is 15.6. The first kappa shape index (κ1) is 24.0. The predicted octanol–water partition coefficient (Wildman–Crippen LogP) is 6.66. The van der Waals surface area contributed by atoms with Gasteiger partial charge in [0.05, 0.1) is 12.1 Å². The lowest BCUT2D eigenvalue weighted by atomic mass is 9.69. The van der Waals surface area contributed by atoms with E-state index in [9.17, 15) is 5.53 Å². The molecule has 1 aromatic heterocycles. The van der Waals surface area contributed by atoms with Gasteiger partial charge in [0.15, 0.2) is 8.32 Å². The third-order valence-electron chi connectivity index (χ3n) is 8.36. The van der Waals surface area contributed by atoms with Crippen LogP contribution in [-0.4, -0.2) is 43.9 Å². The van der Waals surface area contributed by atoms with Gasteiger partial charge in [0.2, 0.25) is 0 Å². The first-order valence-electron chi connectivity index (χ1n) is 12.0. The minimum absolute atomic E-state index is 0.0180. The molecule has 3 fully saturated rings. The molecule has 0 radical (unpaired) electrons. The van der Waals surface area contributed by atoms with Crippen molar-refractivity contribution in [1.82, 2.24) is 9.88 Å². The summed E-state index contributed by atoms with van der Waals surface area (Å²) in [5.74, 6) is 1.09. The zero-order valence-electron chi connectivity index (χ0n) is 20.7. The Bertz CT molecular complexity index is 1070. The van der Waals surface area contributed by atoms with Gasteiger partial charge in [0.25, 0.3) is 0 Å². The Hall–Kier alpha value is -2.18. The molecule has 5 atom stereocenters. The molecule has 1 unspecified atom stereocenters. The van der Waals surface area contributed by atoms with E-state index < -0.39 is 13.9 Å². The van der Waals surface area contributed by atoms with E-state index in [1.54, 1.807) is 0 Å². The maximum absolute atomic E-state index is 9.43. The van der Waals surface area contributed by atoms with Gasteiger partial charge in [-0.05, 0) is 72.6 Å². The quantitative estimate of drug-likeness (QED) is 0.151. The molecule has 0 aliphatic carbocycles. The molecule has 6 nitrogen and oxygen atoms in total. The van der Waals surface area contributed by atoms with Crippen LogP contribution in [0.5, 0.6) is 0 Å². The molecule has 0 N–H and O–H groups in total. The van der Waals surface area contributed by atoms with Crippen LogP contribution in [0.4, 0.5) is 0 Å². The number of para-hydroxylation sites is 1. The number of nitrogens with zero attached hydrogens (tertiary/aromatic N) is 5. The molecule has 0 spiro atoms. The van der Waals surface area contributed by atoms with Gasteiger partial charge >= 0.3 is 0 Å². The van der Waals surface area contributed by atoms with Gasteiger partial charge in [0, 0.05) is 29.1 Å². The Balaban J connectivity index is 1.95. The number of rotatable bonds is 7. The highest BCUT2D eigenvalue weighted by Gasteiger charge is 2.55. The van der Waals surface area contributed by atoms with Crippen molar-refractivity contribution in [2.24, 2.45) is 17.0 Å². The molecule has 1 aromatic carbocycles. The van der Waals surface area contributed by atoms with Crippen LogP contribution in [0.25, 0.3) is 21.3 Å². The summed E-state index contributed by atoms with van der Waals surface area (Å²) < 4.78 is 7.43. The predicted molar refractivity (Wildman–Crippen MR) is 137 cm³/mol. The van der Waals surface area contributed by atoms with Crippen LogP contribution in [0.2, 0.25) is 18.1 Å². The number of fused-ring (bicyclic) bond motifs is 4. The zero-order valence-corrected chi connectivity index (χ0v) is 21.7. The average molecular weight is 464 g/mol. The fraction of sp³-hybridized carbons (Fsp3) is 0.577. The summed E-state index contributed by atoms with van der Waals surface area (Å²) in [4.78, 5) is 10.4. The molecule has 7 heteroatoms. The number of aromatic nitrogens is 1. The van der Waals surface area contributed by atoms with E-state index >= 15 is 0 Å². The van der Waals surface area contributed by atoms with E-state index in [0.29, 0.717) is 11.8 Å². The highest BCUT2D eigenvalue weighted by atomic mass is 28.4. The summed E-state index contributed by atoms with van der Waals surface area (Å²) in [5.41, 5.74) is 10.7. The van der Waals surface area contributed by atoms with Crippen molar-refractivity contribution >= 4 is 19.2 Å². The number of azide groups is 1. The van der Waals surface area contributed by atoms with Crippen molar-refractivity contribution in [1.29, 1.82) is 0 Å². The molecule has 2 bridgehead atoms. The second-order valence-electron chi connectivity index (χ2n) is 11.2. The molecule has 0 saturated carbocycles. The first-order valence-corrected chi connectivity index (χ1v) is 15.0. The average Bonchev–Trinajstić information content (AvgIpc) is 2.80. The van der Waals surface area contributed by atoms with Gasteiger partial charge in [-0.15, -0.1) is 6.58 Å². The summed E-state index contributed by atoms with van der Waals surface area (Å²) in [7, 11) is -2.25. The van der Waals surface area contributed by atoms with Crippen LogP contribution < -0.4 is 0 Å². The summed E-state index contributed by atoms with van der Waals surface area (Å²) in [5, 5.41) is 5.30. The minimum Gasteiger partial charge on any atom is -0.406 e. The van der Waals surface area contributed by atoms with Crippen molar-refractivity contribution < 1.29 is 4.43 Å². The Labute approximate surface area is 198 Å². The van der Waals surface area contributed by atoms with Crippen LogP contribution in [0.15, 0.2) is 54.3 Å². The number of hydrogen-bond donors (Lipinski definition) is 0. The smallest absolute Gasteiger partial charge is 0.193 e. The molecule has 3 saturated heterocycles. The maximum Gasteiger partial charge on any atom is 0.193 e. The number of benzene rings is 1. The van der Waals surface area contributed by atoms with Crippen LogP contribution >= 0.6 is 0 Å². The topological polar surface area (TPSA) is 74.1 Å². The molecule has 176 valence electrons. The van der Waals surface area contributed by atoms with Crippen LogP contribution in [-0.2, 0) is 10.0 Å². The zero-order chi connectivity index (χ0) is 23.9. The monoisotopic (exact) mass is 463 g/mol. The highest BCUT2D eigenvalue weighted by Crippen LogP contribution is 2.50. The largest absolute Gasteiger partial charge is 0.406 e. The van der Waals surface area contributed by atoms with E-state index in [2.05, 4.69) is 84.6 Å². The lowest BCUT2D eigenvalue weighted by Gasteiger charge is -2.58. The Kier molecular flexibility index (Phi) is 6.44. The summed E-state index contributed by atoms with van der Waals surface area (Å²) in [6.07, 6.45) is 6.20. The molecule has 2 aromatic rings. The number of hydrogen-bond acceptors (Lipinski definition) is 4. The number of piperidine rings is 3. The molecule has 3 aliphatic heterocycles. The summed E-state index contributed by atoms with van der Waals surface area (Å²) in [6.45, 7) is 17.8. The Morgan fingerprint density at radius 1 is 1.30 bits per heavy atom. The molecular formula is C26H37N5OSi. The molecule has 3 aliphatic rings. The minimum atomic E-state index is -2.25. The van der Waals surface area contributed by atoms with Crippen molar-refractivity contribution in [3.63, 3.8) is 0 Å². The second-order valence-corrected chi connectivity index (χ2v) is 15.9. The maximum atomic E-state index is 9.43. The lowest BCUT2D eigenvalue weighted by molar-refractivity contribution is -0.0954. The van der Waals surface area contributed by atoms with E-state index in [1.165, 1.54) is 6.42 Å². The summed E-state index contributed by atoms with van der Waals surface area (Å²) >= 11 is 0. The molecule has 4 heterocycles. The van der Waals surface area contributed by atoms with Crippen molar-refractivity contribution in [3.05, 3.63) is 65.2 Å². The van der Waals surface area contributed by atoms with Crippen molar-refractivity contribution in [2.75, 3.05) is 19.6 Å². The molecular weight excluding hydrogens is 426 g/mol. The standard InChI is InChI=1S/C26H37N5OSi/c1-7-19-17-31-15-13-20(19)16-24(31)26(18-29-30-27,32-33(5,6)25(2,3)4)22-12-14-28-23-11-9-8-10-21(22)23/h7-12,14,19-20,24H,1,13,15-18H2,2-6H3/t19-,20-,24+,26+/m0/s1. The normalized spacial score (nSPS) is 27.1. The molecule has 33 heavy (non-hydrogen) atoms. The van der Waals surface area contributed by atoms with Gasteiger partial charge in [-0.3, -0.25) is 9.88 Å². The third kappa shape index (κ3) is 4.23. The molecule has 0 amide bonds. The fourth-order valence-electron chi connectivity index (χ4n) is 5.56. The third-order valence-corrected chi connectivity index (χ3v) is 12.8. The van der Waals surface area contributed by atoms with Crippen molar-refractivity contribution in [3.8, 4) is 0 Å². The van der Waals surface area contributed by atoms with Gasteiger partial charge in [-0.2, -0.15) is 0 Å². The van der Waals surface area contributed by atoms with E-state index in [1.807, 2.05) is 18.3 Å². The fourth-order valence-corrected chi connectivity index (χ4v) is 7.08. The van der Waals surface area contributed by atoms with E-state index in [-0.39, 0.29) is 17.6 Å². The van der Waals surface area contributed by atoms with Crippen LogP contribution in [0, 0.1) is 11.8 Å². The SMILES string of the molecule is C=C[C@H]1CN2CC[C@H]1C[C@@H]2[C@](CN=[N+]=[N-])(O[Si](C)(C)C(C)(C)C)c1ccnc2ccccc12. The molecule has 5 rings (SSSR count). The van der Waals surface area contributed by atoms with Gasteiger partial charge < -0.3 is 4.43 Å². The Morgan fingerprint density at radius 3 is 2.70 bits per heavy atom. The highest BCUT2D eigenvalue weighted by molar-refractivity contribution is 6.74. The van der Waals surface area contributed by atoms with E-state index in [4.69, 9.17) is 4.43 Å². The van der Waals surface area contributed by atoms with Gasteiger partial charge in [-0.1, -0.05) is 50.2 Å². The lowest BCUT2D eigenvalue weighted by Crippen LogP contribution is -2.65. The summed E-state index contributed by atoms with van der Waals surface area (Å²) in [6, 6.07) is 10.5. The second kappa shape index (κ2) is 8.88. The van der Waals surface area contributed by atoms with Gasteiger partial charge in [0.1, 0.15) is 5.60 Å².